The van der Waals surface area contributed by atoms with E-state index in [1.807, 2.05) is 6.92 Å². The van der Waals surface area contributed by atoms with E-state index in [4.69, 9.17) is 5.11 Å². The van der Waals surface area contributed by atoms with Gasteiger partial charge in [-0.3, -0.25) is 4.79 Å². The molecule has 0 fully saturated rings. The first-order chi connectivity index (χ1) is 8.86. The van der Waals surface area contributed by atoms with Crippen LogP contribution in [0.3, 0.4) is 0 Å². The summed E-state index contributed by atoms with van der Waals surface area (Å²) < 4.78 is 28.0. The van der Waals surface area contributed by atoms with Crippen molar-refractivity contribution in [1.29, 1.82) is 0 Å². The maximum absolute atomic E-state index is 11.9. The first-order valence-corrected chi connectivity index (χ1v) is 7.60. The molecular weight excluding hydrogens is 270 g/mol. The second-order valence-electron chi connectivity index (χ2n) is 4.21. The molecule has 19 heavy (non-hydrogen) atoms. The number of aliphatic carboxylic acids is 1. The number of aryl methyl sites for hydroxylation is 2. The molecular formula is C11H19N3O4S. The Morgan fingerprint density at radius 3 is 2.79 bits per heavy atom. The van der Waals surface area contributed by atoms with Crippen LogP contribution in [0.25, 0.3) is 0 Å². The molecule has 1 rings (SSSR count). The zero-order valence-corrected chi connectivity index (χ0v) is 11.9. The monoisotopic (exact) mass is 289 g/mol. The highest BCUT2D eigenvalue weighted by molar-refractivity contribution is 7.89. The summed E-state index contributed by atoms with van der Waals surface area (Å²) in [5, 5.41) is 8.45. The Morgan fingerprint density at radius 1 is 1.53 bits per heavy atom. The highest BCUT2D eigenvalue weighted by Gasteiger charge is 2.18. The number of hydrogen-bond acceptors (Lipinski definition) is 4. The number of carbonyl (C=O) groups is 1. The van der Waals surface area contributed by atoms with E-state index in [1.54, 1.807) is 11.5 Å². The van der Waals surface area contributed by atoms with Gasteiger partial charge in [-0.2, -0.15) is 0 Å². The van der Waals surface area contributed by atoms with Crippen LogP contribution in [-0.2, 0) is 21.4 Å². The average Bonchev–Trinajstić information content (AvgIpc) is 2.68. The van der Waals surface area contributed by atoms with E-state index in [9.17, 15) is 13.2 Å². The van der Waals surface area contributed by atoms with Crippen LogP contribution in [0.5, 0.6) is 0 Å². The van der Waals surface area contributed by atoms with Crippen molar-refractivity contribution >= 4 is 16.0 Å². The predicted octanol–water partition coefficient (Wildman–Crippen LogP) is 0.745. The van der Waals surface area contributed by atoms with Gasteiger partial charge < -0.3 is 9.67 Å². The zero-order valence-electron chi connectivity index (χ0n) is 11.1. The van der Waals surface area contributed by atoms with Gasteiger partial charge in [0.1, 0.15) is 5.82 Å². The smallest absolute Gasteiger partial charge is 0.303 e. The molecule has 0 bridgehead atoms. The second kappa shape index (κ2) is 6.67. The number of sulfonamides is 1. The molecule has 7 nitrogen and oxygen atoms in total. The van der Waals surface area contributed by atoms with Gasteiger partial charge in [-0.1, -0.05) is 6.92 Å². The lowest BCUT2D eigenvalue weighted by Crippen LogP contribution is -2.25. The lowest BCUT2D eigenvalue weighted by molar-refractivity contribution is -0.137. The number of aromatic nitrogens is 2. The summed E-state index contributed by atoms with van der Waals surface area (Å²) in [6.45, 7) is 4.55. The topological polar surface area (TPSA) is 101 Å². The van der Waals surface area contributed by atoms with Gasteiger partial charge in [-0.15, -0.1) is 0 Å². The van der Waals surface area contributed by atoms with E-state index in [0.29, 0.717) is 12.4 Å². The van der Waals surface area contributed by atoms with E-state index in [2.05, 4.69) is 9.71 Å². The van der Waals surface area contributed by atoms with Crippen LogP contribution in [0, 0.1) is 6.92 Å². The Balaban J connectivity index is 2.66. The Hall–Kier alpha value is -1.41. The molecule has 0 radical (unpaired) electrons. The number of nitrogens with one attached hydrogen (secondary N) is 1. The Kier molecular flexibility index (Phi) is 5.49. The molecule has 0 saturated heterocycles. The Morgan fingerprint density at radius 2 is 2.21 bits per heavy atom. The molecule has 0 aromatic carbocycles. The number of nitrogens with zero attached hydrogens (tertiary/aromatic N) is 2. The average molecular weight is 289 g/mol. The normalized spacial score (nSPS) is 11.7. The van der Waals surface area contributed by atoms with Gasteiger partial charge in [-0.05, 0) is 19.8 Å². The summed E-state index contributed by atoms with van der Waals surface area (Å²) in [5.74, 6) is -0.296. The van der Waals surface area contributed by atoms with Crippen molar-refractivity contribution in [3.63, 3.8) is 0 Å². The molecule has 0 unspecified atom stereocenters. The van der Waals surface area contributed by atoms with E-state index < -0.39 is 16.0 Å². The first kappa shape index (κ1) is 15.6. The lowest BCUT2D eigenvalue weighted by Gasteiger charge is -2.02. The molecule has 0 spiro atoms. The van der Waals surface area contributed by atoms with Crippen LogP contribution >= 0.6 is 0 Å². The molecule has 0 saturated carbocycles. The largest absolute Gasteiger partial charge is 0.481 e. The minimum atomic E-state index is -3.65. The molecule has 0 aliphatic carbocycles. The number of carboxylic acids is 1. The van der Waals surface area contributed by atoms with Crippen LogP contribution in [0.2, 0.25) is 0 Å². The summed E-state index contributed by atoms with van der Waals surface area (Å²) in [7, 11) is -3.65. The maximum atomic E-state index is 11.9. The van der Waals surface area contributed by atoms with Crippen LogP contribution in [0.1, 0.15) is 32.0 Å². The third kappa shape index (κ3) is 4.64. The first-order valence-electron chi connectivity index (χ1n) is 6.12. The Bertz CT molecular complexity index is 536. The van der Waals surface area contributed by atoms with Crippen molar-refractivity contribution in [2.75, 3.05) is 6.54 Å². The van der Waals surface area contributed by atoms with Crippen LogP contribution in [-0.4, -0.2) is 35.6 Å². The summed E-state index contributed by atoms with van der Waals surface area (Å²) >= 11 is 0. The number of hydrogen-bond donors (Lipinski definition) is 2. The van der Waals surface area contributed by atoms with Crippen molar-refractivity contribution < 1.29 is 18.3 Å². The van der Waals surface area contributed by atoms with Crippen molar-refractivity contribution in [3.05, 3.63) is 12.0 Å². The van der Waals surface area contributed by atoms with Gasteiger partial charge in [0.25, 0.3) is 10.0 Å². The second-order valence-corrected chi connectivity index (χ2v) is 5.93. The van der Waals surface area contributed by atoms with Crippen molar-refractivity contribution in [3.8, 4) is 0 Å². The van der Waals surface area contributed by atoms with Crippen LogP contribution in [0.15, 0.2) is 11.2 Å². The van der Waals surface area contributed by atoms with E-state index in [1.165, 1.54) is 6.20 Å². The molecule has 2 N–H and O–H groups in total. The summed E-state index contributed by atoms with van der Waals surface area (Å²) in [4.78, 5) is 14.3. The minimum absolute atomic E-state index is 0.0197. The van der Waals surface area contributed by atoms with Gasteiger partial charge in [0, 0.05) is 25.7 Å². The predicted molar refractivity (Wildman–Crippen MR) is 69.3 cm³/mol. The molecule has 108 valence electrons. The van der Waals surface area contributed by atoms with E-state index in [-0.39, 0.29) is 24.4 Å². The number of rotatable bonds is 8. The van der Waals surface area contributed by atoms with Gasteiger partial charge in [0.15, 0.2) is 5.03 Å². The van der Waals surface area contributed by atoms with E-state index in [0.717, 1.165) is 6.42 Å². The fourth-order valence-electron chi connectivity index (χ4n) is 1.60. The van der Waals surface area contributed by atoms with Gasteiger partial charge in [0.2, 0.25) is 0 Å². The van der Waals surface area contributed by atoms with E-state index >= 15 is 0 Å². The van der Waals surface area contributed by atoms with Crippen LogP contribution in [0.4, 0.5) is 0 Å². The number of carboxylic acid groups (broad SMARTS) is 1. The molecule has 0 amide bonds. The molecule has 1 aromatic rings. The lowest BCUT2D eigenvalue weighted by atomic mass is 10.3. The summed E-state index contributed by atoms with van der Waals surface area (Å²) in [6.07, 6.45) is 2.58. The molecule has 8 heteroatoms. The third-order valence-electron chi connectivity index (χ3n) is 2.55. The summed E-state index contributed by atoms with van der Waals surface area (Å²) in [6, 6.07) is 0. The summed E-state index contributed by atoms with van der Waals surface area (Å²) in [5.41, 5.74) is 0. The van der Waals surface area contributed by atoms with Gasteiger partial charge in [-0.25, -0.2) is 18.1 Å². The SMILES string of the molecule is CCCn1cc(S(=O)(=O)NCCCC(=O)O)nc1C. The molecule has 0 atom stereocenters. The zero-order chi connectivity index (χ0) is 14.5. The third-order valence-corrected chi connectivity index (χ3v) is 3.88. The van der Waals surface area contributed by atoms with Gasteiger partial charge in [0.05, 0.1) is 0 Å². The standard InChI is InChI=1S/C11H19N3O4S/c1-3-7-14-8-10(13-9(14)2)19(17,18)12-6-4-5-11(15)16/h8,12H,3-7H2,1-2H3,(H,15,16). The van der Waals surface area contributed by atoms with Crippen LogP contribution < -0.4 is 4.72 Å². The minimum Gasteiger partial charge on any atom is -0.481 e. The number of imidazole rings is 1. The maximum Gasteiger partial charge on any atom is 0.303 e. The van der Waals surface area contributed by atoms with Crippen molar-refractivity contribution in [2.24, 2.45) is 0 Å². The molecule has 0 aliphatic rings. The molecule has 1 heterocycles. The fourth-order valence-corrected chi connectivity index (χ4v) is 2.68. The van der Waals surface area contributed by atoms with Crippen molar-refractivity contribution in [2.45, 2.75) is 44.7 Å². The Labute approximate surface area is 112 Å². The molecule has 0 aliphatic heterocycles. The highest BCUT2D eigenvalue weighted by Crippen LogP contribution is 2.09. The highest BCUT2D eigenvalue weighted by atomic mass is 32.2. The quantitative estimate of drug-likeness (QED) is 0.687. The van der Waals surface area contributed by atoms with Gasteiger partial charge >= 0.3 is 5.97 Å². The fraction of sp³-hybridized carbons (Fsp3) is 0.636. The molecule has 1 aromatic heterocycles. The van der Waals surface area contributed by atoms with Crippen molar-refractivity contribution in [1.82, 2.24) is 14.3 Å².